The van der Waals surface area contributed by atoms with Crippen LogP contribution in [0.25, 0.3) is 102 Å². The second kappa shape index (κ2) is 14.3. The molecular formula is C60H38N2S. The maximum absolute atomic E-state index is 2.48. The summed E-state index contributed by atoms with van der Waals surface area (Å²) in [6.07, 6.45) is 0. The number of thiophene rings is 1. The van der Waals surface area contributed by atoms with E-state index in [0.717, 1.165) is 28.3 Å². The zero-order valence-corrected chi connectivity index (χ0v) is 35.1. The van der Waals surface area contributed by atoms with E-state index in [1.165, 1.54) is 91.0 Å². The molecule has 2 aromatic heterocycles. The highest BCUT2D eigenvalue weighted by atomic mass is 32.1. The van der Waals surface area contributed by atoms with Crippen LogP contribution in [0.3, 0.4) is 0 Å². The maximum atomic E-state index is 2.48. The van der Waals surface area contributed by atoms with Gasteiger partial charge in [0.2, 0.25) is 0 Å². The van der Waals surface area contributed by atoms with Gasteiger partial charge < -0.3 is 9.47 Å². The van der Waals surface area contributed by atoms with E-state index in [-0.39, 0.29) is 0 Å². The van der Waals surface area contributed by atoms with Crippen LogP contribution in [0.15, 0.2) is 231 Å². The van der Waals surface area contributed by atoms with Crippen molar-refractivity contribution in [3.63, 3.8) is 0 Å². The van der Waals surface area contributed by atoms with Gasteiger partial charge in [-0.15, -0.1) is 11.3 Å². The standard InChI is InChI=1S/C60H38N2S/c1-2-12-39(13-3-1)46-33-47(45-23-22-40-14-4-6-17-43(40)32-45)36-51(35-46)61(49-28-31-59-56(37-49)55-29-25-42-16-8-9-19-52(42)60(55)63-59)50-27-30-54-53-20-10-11-21-57(53)62(58(54)38-50)48-26-24-41-15-5-7-18-44(41)34-48/h1-38H. The second-order valence-corrected chi connectivity index (χ2v) is 17.6. The number of rotatable bonds is 6. The Morgan fingerprint density at radius 1 is 0.302 bits per heavy atom. The van der Waals surface area contributed by atoms with Crippen LogP contribution in [-0.2, 0) is 0 Å². The lowest BCUT2D eigenvalue weighted by atomic mass is 9.95. The summed E-state index contributed by atoms with van der Waals surface area (Å²) in [7, 11) is 0. The smallest absolute Gasteiger partial charge is 0.0561 e. The SMILES string of the molecule is c1ccc(-c2cc(-c3ccc4ccccc4c3)cc(N(c3ccc4sc5c6ccccc6ccc5c4c3)c3ccc4c5ccccc5n(-c5ccc6ccccc6c5)c4c3)c2)cc1. The molecule has 0 unspecified atom stereocenters. The molecule has 0 aliphatic heterocycles. The van der Waals surface area contributed by atoms with E-state index in [2.05, 4.69) is 240 Å². The molecule has 0 bridgehead atoms. The highest BCUT2D eigenvalue weighted by molar-refractivity contribution is 7.26. The highest BCUT2D eigenvalue weighted by Gasteiger charge is 2.21. The van der Waals surface area contributed by atoms with Crippen LogP contribution in [0.4, 0.5) is 17.1 Å². The molecule has 3 heteroatoms. The number of para-hydroxylation sites is 1. The van der Waals surface area contributed by atoms with Gasteiger partial charge in [-0.2, -0.15) is 0 Å². The Balaban J connectivity index is 1.09. The molecular weight excluding hydrogens is 781 g/mol. The fourth-order valence-corrected chi connectivity index (χ4v) is 11.1. The average molecular weight is 819 g/mol. The van der Waals surface area contributed by atoms with E-state index >= 15 is 0 Å². The van der Waals surface area contributed by atoms with E-state index in [1.54, 1.807) is 0 Å². The first-order chi connectivity index (χ1) is 31.2. The summed E-state index contributed by atoms with van der Waals surface area (Å²) >= 11 is 1.89. The van der Waals surface area contributed by atoms with Crippen LogP contribution in [0, 0.1) is 0 Å². The van der Waals surface area contributed by atoms with E-state index in [4.69, 9.17) is 0 Å². The maximum Gasteiger partial charge on any atom is 0.0561 e. The number of aromatic nitrogens is 1. The zero-order valence-electron chi connectivity index (χ0n) is 34.2. The third-order valence-corrected chi connectivity index (χ3v) is 14.1. The van der Waals surface area contributed by atoms with Gasteiger partial charge in [-0.3, -0.25) is 0 Å². The summed E-state index contributed by atoms with van der Waals surface area (Å²) < 4.78 is 5.06. The Morgan fingerprint density at radius 2 is 0.905 bits per heavy atom. The fraction of sp³-hybridized carbons (Fsp3) is 0. The summed E-state index contributed by atoms with van der Waals surface area (Å²) in [5, 5.41) is 12.5. The van der Waals surface area contributed by atoms with Gasteiger partial charge in [0.1, 0.15) is 0 Å². The van der Waals surface area contributed by atoms with Crippen LogP contribution in [0.5, 0.6) is 0 Å². The van der Waals surface area contributed by atoms with Crippen molar-refractivity contribution in [1.82, 2.24) is 4.57 Å². The van der Waals surface area contributed by atoms with Crippen molar-refractivity contribution in [2.45, 2.75) is 0 Å². The van der Waals surface area contributed by atoms with E-state index in [1.807, 2.05) is 11.3 Å². The lowest BCUT2D eigenvalue weighted by Crippen LogP contribution is -2.10. The number of benzene rings is 11. The van der Waals surface area contributed by atoms with Gasteiger partial charge in [-0.05, 0) is 127 Å². The summed E-state index contributed by atoms with van der Waals surface area (Å²) in [6.45, 7) is 0. The third-order valence-electron chi connectivity index (χ3n) is 12.9. The number of fused-ring (bicyclic) bond motifs is 10. The van der Waals surface area contributed by atoms with Gasteiger partial charge in [0.15, 0.2) is 0 Å². The molecule has 0 radical (unpaired) electrons. The van der Waals surface area contributed by atoms with Gasteiger partial charge in [0.25, 0.3) is 0 Å². The molecule has 2 heterocycles. The molecule has 0 aliphatic rings. The lowest BCUT2D eigenvalue weighted by Gasteiger charge is -2.27. The molecule has 0 amide bonds. The molecule has 11 aromatic carbocycles. The fourth-order valence-electron chi connectivity index (χ4n) is 9.84. The van der Waals surface area contributed by atoms with Crippen LogP contribution in [-0.4, -0.2) is 4.57 Å². The summed E-state index contributed by atoms with van der Waals surface area (Å²) in [5.74, 6) is 0. The molecule has 0 aliphatic carbocycles. The normalized spacial score (nSPS) is 11.8. The number of hydrogen-bond acceptors (Lipinski definition) is 2. The quantitative estimate of drug-likeness (QED) is 0.162. The van der Waals surface area contributed by atoms with Crippen LogP contribution in [0.1, 0.15) is 0 Å². The Kier molecular flexibility index (Phi) is 8.12. The lowest BCUT2D eigenvalue weighted by molar-refractivity contribution is 1.18. The second-order valence-electron chi connectivity index (χ2n) is 16.6. The minimum absolute atomic E-state index is 1.09. The Bertz CT molecular complexity index is 3930. The van der Waals surface area contributed by atoms with Gasteiger partial charge in [0.05, 0.1) is 11.0 Å². The average Bonchev–Trinajstić information content (AvgIpc) is 3.89. The molecule has 294 valence electrons. The molecule has 13 rings (SSSR count). The van der Waals surface area contributed by atoms with Crippen molar-refractivity contribution in [3.05, 3.63) is 231 Å². The van der Waals surface area contributed by atoms with Crippen molar-refractivity contribution in [2.24, 2.45) is 0 Å². The van der Waals surface area contributed by atoms with Gasteiger partial charge in [-0.1, -0.05) is 158 Å². The molecule has 13 aromatic rings. The molecule has 2 nitrogen and oxygen atoms in total. The van der Waals surface area contributed by atoms with Crippen LogP contribution in [0.2, 0.25) is 0 Å². The topological polar surface area (TPSA) is 8.17 Å². The Morgan fingerprint density at radius 3 is 1.73 bits per heavy atom. The minimum Gasteiger partial charge on any atom is -0.310 e. The molecule has 0 fully saturated rings. The van der Waals surface area contributed by atoms with E-state index < -0.39 is 0 Å². The number of anilines is 3. The predicted octanol–water partition coefficient (Wildman–Crippen LogP) is 17.4. The Hall–Kier alpha value is -7.98. The number of hydrogen-bond donors (Lipinski definition) is 0. The molecule has 0 saturated heterocycles. The molecule has 0 N–H and O–H groups in total. The minimum atomic E-state index is 1.09. The number of nitrogens with zero attached hydrogens (tertiary/aromatic N) is 2. The molecule has 63 heavy (non-hydrogen) atoms. The third kappa shape index (κ3) is 5.93. The van der Waals surface area contributed by atoms with Crippen molar-refractivity contribution in [1.29, 1.82) is 0 Å². The molecule has 0 saturated carbocycles. The summed E-state index contributed by atoms with van der Waals surface area (Å²) in [6, 6.07) is 85.1. The first-order valence-electron chi connectivity index (χ1n) is 21.6. The van der Waals surface area contributed by atoms with E-state index in [0.29, 0.717) is 0 Å². The first-order valence-corrected chi connectivity index (χ1v) is 22.4. The monoisotopic (exact) mass is 818 g/mol. The van der Waals surface area contributed by atoms with Gasteiger partial charge >= 0.3 is 0 Å². The van der Waals surface area contributed by atoms with Gasteiger partial charge in [-0.25, -0.2) is 0 Å². The summed E-state index contributed by atoms with van der Waals surface area (Å²) in [4.78, 5) is 2.48. The van der Waals surface area contributed by atoms with Crippen molar-refractivity contribution in [2.75, 3.05) is 4.90 Å². The molecule has 0 spiro atoms. The van der Waals surface area contributed by atoms with Crippen LogP contribution >= 0.6 is 11.3 Å². The highest BCUT2D eigenvalue weighted by Crippen LogP contribution is 2.46. The Labute approximate surface area is 368 Å². The molecule has 0 atom stereocenters. The van der Waals surface area contributed by atoms with Crippen molar-refractivity contribution >= 4 is 103 Å². The van der Waals surface area contributed by atoms with Crippen molar-refractivity contribution in [3.8, 4) is 27.9 Å². The van der Waals surface area contributed by atoms with Gasteiger partial charge in [0, 0.05) is 53.7 Å². The zero-order chi connectivity index (χ0) is 41.4. The predicted molar refractivity (Wildman–Crippen MR) is 272 cm³/mol. The van der Waals surface area contributed by atoms with Crippen LogP contribution < -0.4 is 4.90 Å². The largest absolute Gasteiger partial charge is 0.310 e. The first kappa shape index (κ1) is 35.7. The van der Waals surface area contributed by atoms with Crippen molar-refractivity contribution < 1.29 is 0 Å². The van der Waals surface area contributed by atoms with E-state index in [9.17, 15) is 0 Å². The summed E-state index contributed by atoms with van der Waals surface area (Å²) in [5.41, 5.74) is 11.5.